The van der Waals surface area contributed by atoms with E-state index in [0.29, 0.717) is 12.1 Å². The first-order chi connectivity index (χ1) is 9.29. The summed E-state index contributed by atoms with van der Waals surface area (Å²) in [5.41, 5.74) is 1.15. The Balaban J connectivity index is 1.73. The maximum atomic E-state index is 4.43. The molecule has 1 aromatic heterocycles. The SMILES string of the molecule is CCCCN1CCC(NC(C)c2ccccn2)CC1. The van der Waals surface area contributed by atoms with Crippen molar-refractivity contribution in [2.24, 2.45) is 0 Å². The Bertz CT molecular complexity index is 344. The summed E-state index contributed by atoms with van der Waals surface area (Å²) in [6.07, 6.45) is 7.04. The van der Waals surface area contributed by atoms with Crippen LogP contribution in [0.15, 0.2) is 24.4 Å². The van der Waals surface area contributed by atoms with E-state index in [9.17, 15) is 0 Å². The first kappa shape index (κ1) is 14.5. The third-order valence-corrected chi connectivity index (χ3v) is 4.03. The van der Waals surface area contributed by atoms with Crippen LogP contribution < -0.4 is 5.32 Å². The number of nitrogens with one attached hydrogen (secondary N) is 1. The van der Waals surface area contributed by atoms with Gasteiger partial charge in [0.2, 0.25) is 0 Å². The van der Waals surface area contributed by atoms with E-state index in [1.165, 1.54) is 45.3 Å². The van der Waals surface area contributed by atoms with E-state index >= 15 is 0 Å². The van der Waals surface area contributed by atoms with Crippen LogP contribution in [-0.2, 0) is 0 Å². The Morgan fingerprint density at radius 2 is 2.16 bits per heavy atom. The van der Waals surface area contributed by atoms with Gasteiger partial charge < -0.3 is 10.2 Å². The summed E-state index contributed by atoms with van der Waals surface area (Å²) < 4.78 is 0. The molecule has 0 radical (unpaired) electrons. The second-order valence-electron chi connectivity index (χ2n) is 5.61. The van der Waals surface area contributed by atoms with Crippen LogP contribution in [-0.4, -0.2) is 35.6 Å². The van der Waals surface area contributed by atoms with Gasteiger partial charge in [0, 0.05) is 18.3 Å². The number of hydrogen-bond donors (Lipinski definition) is 1. The maximum absolute atomic E-state index is 4.43. The third-order valence-electron chi connectivity index (χ3n) is 4.03. The summed E-state index contributed by atoms with van der Waals surface area (Å²) in [5.74, 6) is 0. The normalized spacial score (nSPS) is 19.5. The standard InChI is InChI=1S/C16H27N3/c1-3-4-11-19-12-8-15(9-13-19)18-14(2)16-7-5-6-10-17-16/h5-7,10,14-15,18H,3-4,8-9,11-13H2,1-2H3. The average molecular weight is 261 g/mol. The highest BCUT2D eigenvalue weighted by Gasteiger charge is 2.20. The molecule has 1 aliphatic heterocycles. The van der Waals surface area contributed by atoms with Gasteiger partial charge in [0.15, 0.2) is 0 Å². The van der Waals surface area contributed by atoms with Crippen molar-refractivity contribution < 1.29 is 0 Å². The van der Waals surface area contributed by atoms with E-state index in [1.807, 2.05) is 12.3 Å². The minimum atomic E-state index is 0.355. The molecule has 106 valence electrons. The van der Waals surface area contributed by atoms with E-state index < -0.39 is 0 Å². The van der Waals surface area contributed by atoms with Gasteiger partial charge >= 0.3 is 0 Å². The number of unbranched alkanes of at least 4 members (excludes halogenated alkanes) is 1. The number of pyridine rings is 1. The van der Waals surface area contributed by atoms with Crippen molar-refractivity contribution in [3.63, 3.8) is 0 Å². The predicted molar refractivity (Wildman–Crippen MR) is 80.2 cm³/mol. The van der Waals surface area contributed by atoms with Crippen molar-refractivity contribution in [3.05, 3.63) is 30.1 Å². The van der Waals surface area contributed by atoms with Crippen LogP contribution in [0.2, 0.25) is 0 Å². The molecule has 19 heavy (non-hydrogen) atoms. The molecule has 1 atom stereocenters. The molecule has 0 aliphatic carbocycles. The van der Waals surface area contributed by atoms with Crippen molar-refractivity contribution in [2.45, 2.75) is 51.6 Å². The summed E-state index contributed by atoms with van der Waals surface area (Å²) in [7, 11) is 0. The van der Waals surface area contributed by atoms with Gasteiger partial charge in [-0.15, -0.1) is 0 Å². The molecule has 2 rings (SSSR count). The van der Waals surface area contributed by atoms with Gasteiger partial charge in [-0.1, -0.05) is 19.4 Å². The molecule has 0 saturated carbocycles. The zero-order valence-electron chi connectivity index (χ0n) is 12.3. The smallest absolute Gasteiger partial charge is 0.0570 e. The largest absolute Gasteiger partial charge is 0.306 e. The minimum Gasteiger partial charge on any atom is -0.306 e. The van der Waals surface area contributed by atoms with Crippen molar-refractivity contribution in [1.29, 1.82) is 0 Å². The highest BCUT2D eigenvalue weighted by Crippen LogP contribution is 2.16. The van der Waals surface area contributed by atoms with Gasteiger partial charge in [-0.25, -0.2) is 0 Å². The second kappa shape index (κ2) is 7.61. The fourth-order valence-corrected chi connectivity index (χ4v) is 2.78. The van der Waals surface area contributed by atoms with E-state index in [2.05, 4.69) is 41.2 Å². The van der Waals surface area contributed by atoms with E-state index in [-0.39, 0.29) is 0 Å². The Hall–Kier alpha value is -0.930. The average Bonchev–Trinajstić information content (AvgIpc) is 2.47. The summed E-state index contributed by atoms with van der Waals surface area (Å²) in [6.45, 7) is 8.24. The van der Waals surface area contributed by atoms with E-state index in [1.54, 1.807) is 0 Å². The Morgan fingerprint density at radius 1 is 1.37 bits per heavy atom. The van der Waals surface area contributed by atoms with Crippen LogP contribution >= 0.6 is 0 Å². The number of piperidine rings is 1. The highest BCUT2D eigenvalue weighted by atomic mass is 15.1. The summed E-state index contributed by atoms with van der Waals surface area (Å²) >= 11 is 0. The lowest BCUT2D eigenvalue weighted by Gasteiger charge is -2.33. The first-order valence-corrected chi connectivity index (χ1v) is 7.69. The van der Waals surface area contributed by atoms with Crippen LogP contribution in [0.25, 0.3) is 0 Å². The molecule has 1 aromatic rings. The lowest BCUT2D eigenvalue weighted by Crippen LogP contribution is -2.43. The molecule has 2 heterocycles. The molecule has 3 heteroatoms. The Kier molecular flexibility index (Phi) is 5.80. The molecule has 0 aromatic carbocycles. The topological polar surface area (TPSA) is 28.2 Å². The summed E-state index contributed by atoms with van der Waals surface area (Å²) in [6, 6.07) is 7.15. The molecular weight excluding hydrogens is 234 g/mol. The summed E-state index contributed by atoms with van der Waals surface area (Å²) in [5, 5.41) is 3.72. The molecular formula is C16H27N3. The fourth-order valence-electron chi connectivity index (χ4n) is 2.78. The van der Waals surface area contributed by atoms with Gasteiger partial charge in [-0.2, -0.15) is 0 Å². The monoisotopic (exact) mass is 261 g/mol. The van der Waals surface area contributed by atoms with Gasteiger partial charge in [0.05, 0.1) is 5.69 Å². The molecule has 0 amide bonds. The van der Waals surface area contributed by atoms with Crippen molar-refractivity contribution >= 4 is 0 Å². The molecule has 1 unspecified atom stereocenters. The molecule has 1 aliphatic rings. The van der Waals surface area contributed by atoms with Gasteiger partial charge in [0.1, 0.15) is 0 Å². The zero-order chi connectivity index (χ0) is 13.5. The maximum Gasteiger partial charge on any atom is 0.0570 e. The lowest BCUT2D eigenvalue weighted by molar-refractivity contribution is 0.189. The molecule has 0 spiro atoms. The molecule has 1 saturated heterocycles. The van der Waals surface area contributed by atoms with E-state index in [4.69, 9.17) is 0 Å². The molecule has 0 bridgehead atoms. The van der Waals surface area contributed by atoms with Crippen LogP contribution in [0, 0.1) is 0 Å². The zero-order valence-corrected chi connectivity index (χ0v) is 12.3. The first-order valence-electron chi connectivity index (χ1n) is 7.69. The van der Waals surface area contributed by atoms with Gasteiger partial charge in [-0.3, -0.25) is 4.98 Å². The number of hydrogen-bond acceptors (Lipinski definition) is 3. The molecule has 1 fully saturated rings. The van der Waals surface area contributed by atoms with Crippen LogP contribution in [0.3, 0.4) is 0 Å². The van der Waals surface area contributed by atoms with Crippen molar-refractivity contribution in [2.75, 3.05) is 19.6 Å². The Labute approximate surface area is 117 Å². The van der Waals surface area contributed by atoms with Crippen molar-refractivity contribution in [1.82, 2.24) is 15.2 Å². The predicted octanol–water partition coefficient (Wildman–Crippen LogP) is 3.00. The third kappa shape index (κ3) is 4.59. The quantitative estimate of drug-likeness (QED) is 0.853. The van der Waals surface area contributed by atoms with Crippen LogP contribution in [0.5, 0.6) is 0 Å². The van der Waals surface area contributed by atoms with Crippen molar-refractivity contribution in [3.8, 4) is 0 Å². The summed E-state index contributed by atoms with van der Waals surface area (Å²) in [4.78, 5) is 7.03. The number of rotatable bonds is 6. The van der Waals surface area contributed by atoms with Gasteiger partial charge in [-0.05, 0) is 58.0 Å². The fraction of sp³-hybridized carbons (Fsp3) is 0.688. The van der Waals surface area contributed by atoms with Gasteiger partial charge in [0.25, 0.3) is 0 Å². The molecule has 3 nitrogen and oxygen atoms in total. The molecule has 1 N–H and O–H groups in total. The van der Waals surface area contributed by atoms with E-state index in [0.717, 1.165) is 5.69 Å². The van der Waals surface area contributed by atoms with Crippen LogP contribution in [0.4, 0.5) is 0 Å². The Morgan fingerprint density at radius 3 is 2.79 bits per heavy atom. The number of likely N-dealkylation sites (tertiary alicyclic amines) is 1. The number of nitrogens with zero attached hydrogens (tertiary/aromatic N) is 2. The van der Waals surface area contributed by atoms with Crippen LogP contribution in [0.1, 0.15) is 51.3 Å². The highest BCUT2D eigenvalue weighted by molar-refractivity contribution is 5.08. The number of aromatic nitrogens is 1. The minimum absolute atomic E-state index is 0.355. The lowest BCUT2D eigenvalue weighted by atomic mass is 10.0. The second-order valence-corrected chi connectivity index (χ2v) is 5.61.